The van der Waals surface area contributed by atoms with Gasteiger partial charge in [-0.1, -0.05) is 17.7 Å². The van der Waals surface area contributed by atoms with E-state index in [0.29, 0.717) is 5.02 Å². The number of benzene rings is 1. The number of carbonyl (C=O) groups excluding carboxylic acids is 1. The van der Waals surface area contributed by atoms with Gasteiger partial charge in [-0.05, 0) is 24.6 Å². The maximum atomic E-state index is 11.1. The van der Waals surface area contributed by atoms with E-state index >= 15 is 0 Å². The summed E-state index contributed by atoms with van der Waals surface area (Å²) in [5.74, 6) is -0.681. The number of nitrogens with zero attached hydrogens (tertiary/aromatic N) is 1. The minimum absolute atomic E-state index is 0.105. The van der Waals surface area contributed by atoms with Crippen molar-refractivity contribution in [2.45, 2.75) is 6.92 Å². The Morgan fingerprint density at radius 2 is 2.29 bits per heavy atom. The number of hydrogen-bond acceptors (Lipinski definition) is 4. The summed E-state index contributed by atoms with van der Waals surface area (Å²) in [4.78, 5) is 11.1. The highest BCUT2D eigenvalue weighted by Crippen LogP contribution is 2.23. The number of halogens is 1. The van der Waals surface area contributed by atoms with Crippen LogP contribution in [0.15, 0.2) is 30.0 Å². The third-order valence-electron chi connectivity index (χ3n) is 2.17. The van der Waals surface area contributed by atoms with Crippen LogP contribution in [0.2, 0.25) is 5.02 Å². The molecule has 0 bridgehead atoms. The number of hydrogen-bond donors (Lipinski definition) is 1. The third kappa shape index (κ3) is 3.23. The van der Waals surface area contributed by atoms with Crippen molar-refractivity contribution in [1.29, 1.82) is 5.26 Å². The average molecular weight is 251 g/mol. The molecule has 0 aromatic heterocycles. The topological polar surface area (TPSA) is 62.1 Å². The molecule has 0 radical (unpaired) electrons. The van der Waals surface area contributed by atoms with Gasteiger partial charge in [-0.2, -0.15) is 5.26 Å². The van der Waals surface area contributed by atoms with Crippen LogP contribution in [0.1, 0.15) is 5.56 Å². The van der Waals surface area contributed by atoms with Gasteiger partial charge in [0, 0.05) is 16.9 Å². The predicted octanol–water partition coefficient (Wildman–Crippen LogP) is 2.64. The van der Waals surface area contributed by atoms with Crippen LogP contribution in [0, 0.1) is 18.3 Å². The molecule has 0 unspecified atom stereocenters. The second-order valence-electron chi connectivity index (χ2n) is 3.22. The van der Waals surface area contributed by atoms with Gasteiger partial charge in [0.05, 0.1) is 7.11 Å². The standard InChI is InChI=1S/C12H11ClN2O2/c1-8-10(13)4-3-5-11(8)15-7-9(6-14)12(16)17-2/h3-5,7,15H,1-2H3/b9-7-. The van der Waals surface area contributed by atoms with E-state index in [9.17, 15) is 4.79 Å². The van der Waals surface area contributed by atoms with Crippen molar-refractivity contribution in [3.05, 3.63) is 40.6 Å². The second-order valence-corrected chi connectivity index (χ2v) is 3.63. The number of rotatable bonds is 3. The molecule has 4 nitrogen and oxygen atoms in total. The average Bonchev–Trinajstić information content (AvgIpc) is 2.34. The fourth-order valence-electron chi connectivity index (χ4n) is 1.16. The van der Waals surface area contributed by atoms with Crippen molar-refractivity contribution in [2.24, 2.45) is 0 Å². The first kappa shape index (κ1) is 13.1. The lowest BCUT2D eigenvalue weighted by atomic mass is 10.2. The molecule has 0 heterocycles. The van der Waals surface area contributed by atoms with Crippen LogP contribution in [-0.2, 0) is 9.53 Å². The highest BCUT2D eigenvalue weighted by molar-refractivity contribution is 6.31. The molecule has 0 aliphatic heterocycles. The van der Waals surface area contributed by atoms with E-state index in [2.05, 4.69) is 10.1 Å². The molecule has 0 aliphatic carbocycles. The molecule has 0 fully saturated rings. The van der Waals surface area contributed by atoms with Crippen LogP contribution < -0.4 is 5.32 Å². The molecule has 1 N–H and O–H groups in total. The lowest BCUT2D eigenvalue weighted by Gasteiger charge is -2.07. The molecule has 0 saturated heterocycles. The van der Waals surface area contributed by atoms with Gasteiger partial charge in [0.1, 0.15) is 6.07 Å². The molecule has 5 heteroatoms. The van der Waals surface area contributed by atoms with Crippen LogP contribution >= 0.6 is 11.6 Å². The highest BCUT2D eigenvalue weighted by atomic mass is 35.5. The van der Waals surface area contributed by atoms with Crippen LogP contribution in [-0.4, -0.2) is 13.1 Å². The number of carbonyl (C=O) groups is 1. The van der Waals surface area contributed by atoms with Gasteiger partial charge in [0.2, 0.25) is 0 Å². The Morgan fingerprint density at radius 3 is 2.88 bits per heavy atom. The number of ether oxygens (including phenoxy) is 1. The van der Waals surface area contributed by atoms with Crippen molar-refractivity contribution < 1.29 is 9.53 Å². The largest absolute Gasteiger partial charge is 0.465 e. The number of methoxy groups -OCH3 is 1. The smallest absolute Gasteiger partial charge is 0.350 e. The molecule has 1 aromatic rings. The lowest BCUT2D eigenvalue weighted by Crippen LogP contribution is -2.05. The SMILES string of the molecule is COC(=O)/C(C#N)=C\Nc1cccc(Cl)c1C. The minimum Gasteiger partial charge on any atom is -0.465 e. The maximum absolute atomic E-state index is 11.1. The zero-order chi connectivity index (χ0) is 12.8. The highest BCUT2D eigenvalue weighted by Gasteiger charge is 2.08. The van der Waals surface area contributed by atoms with Gasteiger partial charge >= 0.3 is 5.97 Å². The fraction of sp³-hybridized carbons (Fsp3) is 0.167. The summed E-state index contributed by atoms with van der Waals surface area (Å²) in [7, 11) is 1.22. The van der Waals surface area contributed by atoms with E-state index in [1.54, 1.807) is 24.3 Å². The first-order valence-electron chi connectivity index (χ1n) is 4.80. The monoisotopic (exact) mass is 250 g/mol. The van der Waals surface area contributed by atoms with Crippen molar-refractivity contribution in [1.82, 2.24) is 0 Å². The fourth-order valence-corrected chi connectivity index (χ4v) is 1.34. The van der Waals surface area contributed by atoms with E-state index in [-0.39, 0.29) is 5.57 Å². The molecular formula is C12H11ClN2O2. The zero-order valence-electron chi connectivity index (χ0n) is 9.45. The van der Waals surface area contributed by atoms with E-state index in [1.807, 2.05) is 6.92 Å². The van der Waals surface area contributed by atoms with Gasteiger partial charge in [-0.15, -0.1) is 0 Å². The first-order chi connectivity index (χ1) is 8.10. The molecule has 0 aliphatic rings. The van der Waals surface area contributed by atoms with Crippen LogP contribution in [0.25, 0.3) is 0 Å². The van der Waals surface area contributed by atoms with Gasteiger partial charge in [0.15, 0.2) is 5.57 Å². The Kier molecular flexibility index (Phi) is 4.56. The summed E-state index contributed by atoms with van der Waals surface area (Å²) in [6.45, 7) is 1.84. The number of nitrogens with one attached hydrogen (secondary N) is 1. The summed E-state index contributed by atoms with van der Waals surface area (Å²) in [5, 5.41) is 12.2. The quantitative estimate of drug-likeness (QED) is 0.509. The van der Waals surface area contributed by atoms with Gasteiger partial charge in [-0.3, -0.25) is 0 Å². The van der Waals surface area contributed by atoms with Crippen LogP contribution in [0.3, 0.4) is 0 Å². The summed E-state index contributed by atoms with van der Waals surface area (Å²) in [6, 6.07) is 7.08. The molecule has 0 saturated carbocycles. The molecule has 88 valence electrons. The first-order valence-corrected chi connectivity index (χ1v) is 5.18. The van der Waals surface area contributed by atoms with Crippen LogP contribution in [0.5, 0.6) is 0 Å². The van der Waals surface area contributed by atoms with Crippen molar-refractivity contribution >= 4 is 23.3 Å². The molecule has 0 atom stereocenters. The van der Waals surface area contributed by atoms with E-state index in [0.717, 1.165) is 11.3 Å². The van der Waals surface area contributed by atoms with Crippen molar-refractivity contribution in [2.75, 3.05) is 12.4 Å². The van der Waals surface area contributed by atoms with Gasteiger partial charge in [-0.25, -0.2) is 4.79 Å². The van der Waals surface area contributed by atoms with Gasteiger partial charge in [0.25, 0.3) is 0 Å². The van der Waals surface area contributed by atoms with E-state index in [1.165, 1.54) is 13.3 Å². The molecule has 0 spiro atoms. The van der Waals surface area contributed by atoms with Crippen LogP contribution in [0.4, 0.5) is 5.69 Å². The van der Waals surface area contributed by atoms with Crippen molar-refractivity contribution in [3.63, 3.8) is 0 Å². The van der Waals surface area contributed by atoms with E-state index < -0.39 is 5.97 Å². The second kappa shape index (κ2) is 5.92. The lowest BCUT2D eigenvalue weighted by molar-refractivity contribution is -0.135. The maximum Gasteiger partial charge on any atom is 0.350 e. The zero-order valence-corrected chi connectivity index (χ0v) is 10.2. The molecule has 17 heavy (non-hydrogen) atoms. The summed E-state index contributed by atoms with van der Waals surface area (Å²) in [6.07, 6.45) is 1.30. The molecule has 1 aromatic carbocycles. The van der Waals surface area contributed by atoms with E-state index in [4.69, 9.17) is 16.9 Å². The van der Waals surface area contributed by atoms with Gasteiger partial charge < -0.3 is 10.1 Å². The van der Waals surface area contributed by atoms with Crippen molar-refractivity contribution in [3.8, 4) is 6.07 Å². The summed E-state index contributed by atoms with van der Waals surface area (Å²) < 4.78 is 4.45. The normalized spacial score (nSPS) is 10.6. The molecular weight excluding hydrogens is 240 g/mol. The molecule has 1 rings (SSSR count). The Morgan fingerprint density at radius 1 is 1.59 bits per heavy atom. The summed E-state index contributed by atoms with van der Waals surface area (Å²) >= 11 is 5.94. The Hall–Kier alpha value is -1.99. The minimum atomic E-state index is -0.681. The Labute approximate surface area is 104 Å². The Bertz CT molecular complexity index is 504. The molecule has 0 amide bonds. The summed E-state index contributed by atoms with van der Waals surface area (Å²) in [5.41, 5.74) is 1.47. The predicted molar refractivity (Wildman–Crippen MR) is 65.5 cm³/mol. The number of esters is 1. The number of anilines is 1. The Balaban J connectivity index is 2.93. The number of nitriles is 1. The third-order valence-corrected chi connectivity index (χ3v) is 2.57.